The predicted octanol–water partition coefficient (Wildman–Crippen LogP) is 2.35. The van der Waals surface area contributed by atoms with E-state index in [-0.39, 0.29) is 11.9 Å². The molecule has 5 nitrogen and oxygen atoms in total. The second kappa shape index (κ2) is 8.69. The third-order valence-corrected chi connectivity index (χ3v) is 5.50. The first kappa shape index (κ1) is 18.9. The summed E-state index contributed by atoms with van der Waals surface area (Å²) in [5.41, 5.74) is 2.33. The van der Waals surface area contributed by atoms with Crippen LogP contribution >= 0.6 is 0 Å². The van der Waals surface area contributed by atoms with Crippen LogP contribution in [0, 0.1) is 0 Å². The quantitative estimate of drug-likeness (QED) is 0.828. The Morgan fingerprint density at radius 2 is 1.88 bits per heavy atom. The number of amides is 1. The average Bonchev–Trinajstić information content (AvgIpc) is 3.00. The molecule has 1 aliphatic rings. The van der Waals surface area contributed by atoms with Gasteiger partial charge in [0.05, 0.1) is 6.42 Å². The van der Waals surface area contributed by atoms with Crippen LogP contribution in [0.1, 0.15) is 25.8 Å². The molecule has 1 aromatic carbocycles. The van der Waals surface area contributed by atoms with Crippen molar-refractivity contribution in [2.45, 2.75) is 39.3 Å². The van der Waals surface area contributed by atoms with E-state index < -0.39 is 0 Å². The highest BCUT2D eigenvalue weighted by Gasteiger charge is 2.19. The summed E-state index contributed by atoms with van der Waals surface area (Å²) >= 11 is 0. The minimum Gasteiger partial charge on any atom is -0.352 e. The van der Waals surface area contributed by atoms with E-state index in [0.717, 1.165) is 51.3 Å². The van der Waals surface area contributed by atoms with Crippen molar-refractivity contribution in [2.24, 2.45) is 0 Å². The normalized spacial score (nSPS) is 17.5. The Kier molecular flexibility index (Phi) is 6.33. The van der Waals surface area contributed by atoms with Crippen molar-refractivity contribution in [3.05, 3.63) is 36.0 Å². The number of nitrogens with zero attached hydrogens (tertiary/aromatic N) is 3. The molecule has 3 rings (SSSR count). The first-order valence-corrected chi connectivity index (χ1v) is 9.87. The number of piperazine rings is 1. The lowest BCUT2D eigenvalue weighted by Crippen LogP contribution is -2.50. The number of carbonyl (C=O) groups excluding carboxylic acids is 1. The zero-order chi connectivity index (χ0) is 18.5. The molecule has 1 fully saturated rings. The summed E-state index contributed by atoms with van der Waals surface area (Å²) in [6.45, 7) is 10.6. The van der Waals surface area contributed by atoms with Crippen LogP contribution < -0.4 is 5.32 Å². The van der Waals surface area contributed by atoms with E-state index in [1.165, 1.54) is 10.9 Å². The van der Waals surface area contributed by atoms with Gasteiger partial charge in [0.1, 0.15) is 0 Å². The SMILES string of the molecule is CC[C@@H](CN1CCN(C)CC1)NC(=O)Cc1cn(CC)c2ccccc12. The smallest absolute Gasteiger partial charge is 0.224 e. The standard InChI is InChI=1S/C21H32N4O/c1-4-18(16-24-12-10-23(3)11-13-24)22-21(26)14-17-15-25(5-2)20-9-7-6-8-19(17)20/h6-9,15,18H,4-5,10-14,16H2,1-3H3,(H,22,26)/t18-/m0/s1. The number of carbonyl (C=O) groups is 1. The largest absolute Gasteiger partial charge is 0.352 e. The molecule has 1 saturated heterocycles. The number of nitrogens with one attached hydrogen (secondary N) is 1. The summed E-state index contributed by atoms with van der Waals surface area (Å²) in [5.74, 6) is 0.130. The molecule has 5 heteroatoms. The van der Waals surface area contributed by atoms with Gasteiger partial charge < -0.3 is 14.8 Å². The molecule has 1 atom stereocenters. The van der Waals surface area contributed by atoms with Crippen molar-refractivity contribution >= 4 is 16.8 Å². The zero-order valence-corrected chi connectivity index (χ0v) is 16.4. The lowest BCUT2D eigenvalue weighted by molar-refractivity contribution is -0.121. The van der Waals surface area contributed by atoms with E-state index in [9.17, 15) is 4.79 Å². The molecule has 2 aromatic rings. The van der Waals surface area contributed by atoms with Crippen LogP contribution in [0.15, 0.2) is 30.5 Å². The molecule has 142 valence electrons. The molecule has 26 heavy (non-hydrogen) atoms. The fourth-order valence-electron chi connectivity index (χ4n) is 3.80. The van der Waals surface area contributed by atoms with Gasteiger partial charge in [-0.15, -0.1) is 0 Å². The van der Waals surface area contributed by atoms with Crippen LogP contribution in [0.2, 0.25) is 0 Å². The van der Waals surface area contributed by atoms with E-state index in [1.54, 1.807) is 0 Å². The van der Waals surface area contributed by atoms with Crippen molar-refractivity contribution in [2.75, 3.05) is 39.8 Å². The van der Waals surface area contributed by atoms with Crippen LogP contribution in [-0.2, 0) is 17.8 Å². The number of para-hydroxylation sites is 1. The molecule has 0 unspecified atom stereocenters. The molecule has 1 aliphatic heterocycles. The minimum atomic E-state index is 0.130. The van der Waals surface area contributed by atoms with Gasteiger partial charge in [0.25, 0.3) is 0 Å². The Morgan fingerprint density at radius 3 is 2.58 bits per heavy atom. The lowest BCUT2D eigenvalue weighted by atomic mass is 10.1. The Bertz CT molecular complexity index is 731. The van der Waals surface area contributed by atoms with Crippen molar-refractivity contribution in [1.29, 1.82) is 0 Å². The van der Waals surface area contributed by atoms with Gasteiger partial charge >= 0.3 is 0 Å². The summed E-state index contributed by atoms with van der Waals surface area (Å²) in [4.78, 5) is 17.5. The third-order valence-electron chi connectivity index (χ3n) is 5.50. The van der Waals surface area contributed by atoms with Gasteiger partial charge in [-0.3, -0.25) is 9.69 Å². The first-order valence-electron chi connectivity index (χ1n) is 9.87. The Labute approximate surface area is 157 Å². The number of likely N-dealkylation sites (N-methyl/N-ethyl adjacent to an activating group) is 1. The Balaban J connectivity index is 1.61. The highest BCUT2D eigenvalue weighted by molar-refractivity contribution is 5.89. The monoisotopic (exact) mass is 356 g/mol. The number of fused-ring (bicyclic) bond motifs is 1. The number of hydrogen-bond acceptors (Lipinski definition) is 3. The van der Waals surface area contributed by atoms with Gasteiger partial charge in [-0.2, -0.15) is 0 Å². The second-order valence-corrected chi connectivity index (χ2v) is 7.41. The van der Waals surface area contributed by atoms with Crippen LogP contribution in [0.25, 0.3) is 10.9 Å². The molecule has 0 bridgehead atoms. The van der Waals surface area contributed by atoms with E-state index in [4.69, 9.17) is 0 Å². The van der Waals surface area contributed by atoms with Gasteiger partial charge in [0.2, 0.25) is 5.91 Å². The van der Waals surface area contributed by atoms with E-state index in [1.807, 2.05) is 6.07 Å². The number of aryl methyl sites for hydroxylation is 1. The number of rotatable bonds is 7. The lowest BCUT2D eigenvalue weighted by Gasteiger charge is -2.34. The molecule has 2 heterocycles. The summed E-state index contributed by atoms with van der Waals surface area (Å²) in [7, 11) is 2.17. The average molecular weight is 357 g/mol. The number of aromatic nitrogens is 1. The molecular weight excluding hydrogens is 324 g/mol. The van der Waals surface area contributed by atoms with Crippen LogP contribution in [-0.4, -0.2) is 66.1 Å². The Hall–Kier alpha value is -1.85. The Morgan fingerprint density at radius 1 is 1.15 bits per heavy atom. The molecule has 1 aromatic heterocycles. The van der Waals surface area contributed by atoms with Crippen LogP contribution in [0.4, 0.5) is 0 Å². The van der Waals surface area contributed by atoms with Crippen molar-refractivity contribution in [3.63, 3.8) is 0 Å². The molecule has 0 radical (unpaired) electrons. The zero-order valence-electron chi connectivity index (χ0n) is 16.4. The summed E-state index contributed by atoms with van der Waals surface area (Å²) in [6.07, 6.45) is 3.55. The first-order chi connectivity index (χ1) is 12.6. The van der Waals surface area contributed by atoms with Gasteiger partial charge in [0.15, 0.2) is 0 Å². The van der Waals surface area contributed by atoms with E-state index >= 15 is 0 Å². The summed E-state index contributed by atoms with van der Waals surface area (Å²) in [6, 6.07) is 8.58. The maximum atomic E-state index is 12.7. The molecule has 1 N–H and O–H groups in total. The van der Waals surface area contributed by atoms with E-state index in [0.29, 0.717) is 6.42 Å². The topological polar surface area (TPSA) is 40.5 Å². The van der Waals surface area contributed by atoms with Gasteiger partial charge in [-0.05, 0) is 32.0 Å². The molecule has 0 aliphatic carbocycles. The van der Waals surface area contributed by atoms with Gasteiger partial charge in [-0.25, -0.2) is 0 Å². The molecule has 1 amide bonds. The summed E-state index contributed by atoms with van der Waals surface area (Å²) < 4.78 is 2.22. The highest BCUT2D eigenvalue weighted by atomic mass is 16.1. The van der Waals surface area contributed by atoms with Crippen molar-refractivity contribution in [1.82, 2.24) is 19.7 Å². The summed E-state index contributed by atoms with van der Waals surface area (Å²) in [5, 5.41) is 4.45. The third kappa shape index (κ3) is 4.46. The predicted molar refractivity (Wildman–Crippen MR) is 107 cm³/mol. The fourth-order valence-corrected chi connectivity index (χ4v) is 3.80. The molecule has 0 spiro atoms. The highest BCUT2D eigenvalue weighted by Crippen LogP contribution is 2.21. The maximum absolute atomic E-state index is 12.7. The van der Waals surface area contributed by atoms with Crippen molar-refractivity contribution in [3.8, 4) is 0 Å². The van der Waals surface area contributed by atoms with Crippen LogP contribution in [0.3, 0.4) is 0 Å². The van der Waals surface area contributed by atoms with Crippen molar-refractivity contribution < 1.29 is 4.79 Å². The number of benzene rings is 1. The number of hydrogen-bond donors (Lipinski definition) is 1. The maximum Gasteiger partial charge on any atom is 0.224 e. The van der Waals surface area contributed by atoms with Crippen LogP contribution in [0.5, 0.6) is 0 Å². The van der Waals surface area contributed by atoms with Gasteiger partial charge in [0, 0.05) is 62.4 Å². The fraction of sp³-hybridized carbons (Fsp3) is 0.571. The molecule has 0 saturated carbocycles. The van der Waals surface area contributed by atoms with E-state index in [2.05, 4.69) is 65.0 Å². The minimum absolute atomic E-state index is 0.130. The second-order valence-electron chi connectivity index (χ2n) is 7.41. The molecular formula is C21H32N4O. The van der Waals surface area contributed by atoms with Gasteiger partial charge in [-0.1, -0.05) is 25.1 Å².